The van der Waals surface area contributed by atoms with Gasteiger partial charge in [-0.2, -0.15) is 0 Å². The minimum absolute atomic E-state index is 0. The molecule has 0 bridgehead atoms. The van der Waals surface area contributed by atoms with Gasteiger partial charge in [-0.05, 0) is 26.2 Å². The molecule has 1 fully saturated rings. The number of hydrogen-bond acceptors (Lipinski definition) is 3. The molecule has 0 unspecified atom stereocenters. The zero-order valence-corrected chi connectivity index (χ0v) is 9.33. The van der Waals surface area contributed by atoms with Crippen molar-refractivity contribution in [2.75, 3.05) is 0 Å². The highest BCUT2D eigenvalue weighted by molar-refractivity contribution is 7.09. The van der Waals surface area contributed by atoms with E-state index >= 15 is 0 Å². The lowest BCUT2D eigenvalue weighted by Gasteiger charge is -2.03. The maximum absolute atomic E-state index is 5.85. The Morgan fingerprint density at radius 3 is 2.77 bits per heavy atom. The van der Waals surface area contributed by atoms with Crippen molar-refractivity contribution in [1.82, 2.24) is 4.98 Å². The fraction of sp³-hybridized carbons (Fsp3) is 0.667. The molecule has 1 aliphatic rings. The molecule has 1 saturated carbocycles. The lowest BCUT2D eigenvalue weighted by molar-refractivity contribution is 0.671. The third-order valence-electron chi connectivity index (χ3n) is 2.46. The first kappa shape index (κ1) is 11.0. The first-order chi connectivity index (χ1) is 5.75. The second kappa shape index (κ2) is 4.40. The highest BCUT2D eigenvalue weighted by Gasteiger charge is 2.24. The molecular weight excluding hydrogens is 204 g/mol. The third-order valence-corrected chi connectivity index (χ3v) is 3.58. The van der Waals surface area contributed by atoms with Crippen molar-refractivity contribution in [1.29, 1.82) is 0 Å². The Labute approximate surface area is 89.0 Å². The number of hydrogen-bond donors (Lipinski definition) is 1. The molecule has 4 heteroatoms. The summed E-state index contributed by atoms with van der Waals surface area (Å²) in [5, 5.41) is 3.42. The summed E-state index contributed by atoms with van der Waals surface area (Å²) in [6.07, 6.45) is 3.53. The molecule has 2 atom stereocenters. The van der Waals surface area contributed by atoms with Gasteiger partial charge in [-0.25, -0.2) is 4.98 Å². The molecule has 1 heterocycles. The minimum atomic E-state index is 0. The van der Waals surface area contributed by atoms with Gasteiger partial charge in [0, 0.05) is 23.0 Å². The van der Waals surface area contributed by atoms with Crippen LogP contribution in [-0.4, -0.2) is 11.0 Å². The molecule has 13 heavy (non-hydrogen) atoms. The van der Waals surface area contributed by atoms with Gasteiger partial charge in [-0.3, -0.25) is 0 Å². The summed E-state index contributed by atoms with van der Waals surface area (Å²) >= 11 is 1.78. The Morgan fingerprint density at radius 1 is 1.54 bits per heavy atom. The molecule has 0 spiro atoms. The zero-order chi connectivity index (χ0) is 8.55. The summed E-state index contributed by atoms with van der Waals surface area (Å²) in [7, 11) is 0. The first-order valence-corrected chi connectivity index (χ1v) is 5.31. The van der Waals surface area contributed by atoms with Gasteiger partial charge in [0.15, 0.2) is 0 Å². The second-order valence-corrected chi connectivity index (χ2v) is 4.49. The quantitative estimate of drug-likeness (QED) is 0.787. The van der Waals surface area contributed by atoms with Gasteiger partial charge in [-0.1, -0.05) is 0 Å². The molecule has 1 aliphatic carbocycles. The summed E-state index contributed by atoms with van der Waals surface area (Å²) < 4.78 is 0. The van der Waals surface area contributed by atoms with Gasteiger partial charge < -0.3 is 5.73 Å². The second-order valence-electron chi connectivity index (χ2n) is 3.60. The maximum Gasteiger partial charge on any atom is 0.0959 e. The van der Waals surface area contributed by atoms with E-state index in [9.17, 15) is 0 Å². The van der Waals surface area contributed by atoms with Crippen LogP contribution < -0.4 is 5.73 Å². The minimum Gasteiger partial charge on any atom is -0.328 e. The van der Waals surface area contributed by atoms with E-state index in [2.05, 4.69) is 17.3 Å². The third kappa shape index (κ3) is 2.42. The summed E-state index contributed by atoms with van der Waals surface area (Å²) in [6.45, 7) is 2.05. The molecule has 0 saturated heterocycles. The molecule has 0 aromatic carbocycles. The average Bonchev–Trinajstić information content (AvgIpc) is 2.58. The van der Waals surface area contributed by atoms with E-state index in [1.165, 1.54) is 17.8 Å². The van der Waals surface area contributed by atoms with Crippen molar-refractivity contribution in [3.05, 3.63) is 16.1 Å². The number of halogens is 1. The summed E-state index contributed by atoms with van der Waals surface area (Å²) in [5.74, 6) is 0.652. The van der Waals surface area contributed by atoms with Crippen LogP contribution in [0.2, 0.25) is 0 Å². The molecule has 2 nitrogen and oxygen atoms in total. The van der Waals surface area contributed by atoms with Gasteiger partial charge in [0.05, 0.1) is 5.01 Å². The average molecular weight is 219 g/mol. The van der Waals surface area contributed by atoms with Crippen molar-refractivity contribution in [2.45, 2.75) is 38.1 Å². The van der Waals surface area contributed by atoms with Crippen LogP contribution in [0.5, 0.6) is 0 Å². The number of thiazole rings is 1. The molecule has 0 radical (unpaired) electrons. The van der Waals surface area contributed by atoms with Crippen molar-refractivity contribution in [2.24, 2.45) is 5.73 Å². The number of nitrogens with two attached hydrogens (primary N) is 1. The molecule has 74 valence electrons. The van der Waals surface area contributed by atoms with Gasteiger partial charge in [-0.15, -0.1) is 23.7 Å². The van der Waals surface area contributed by atoms with Crippen LogP contribution in [0, 0.1) is 6.92 Å². The topological polar surface area (TPSA) is 38.9 Å². The predicted molar refractivity (Wildman–Crippen MR) is 58.7 cm³/mol. The molecule has 0 aliphatic heterocycles. The van der Waals surface area contributed by atoms with E-state index in [0.29, 0.717) is 12.0 Å². The van der Waals surface area contributed by atoms with E-state index in [4.69, 9.17) is 5.73 Å². The number of nitrogens with zero attached hydrogens (tertiary/aromatic N) is 1. The number of aryl methyl sites for hydroxylation is 1. The Morgan fingerprint density at radius 2 is 2.31 bits per heavy atom. The Balaban J connectivity index is 0.000000845. The standard InChI is InChI=1S/C9H14N2S.ClH/c1-6-5-12-9(11-6)7-2-3-8(10)4-7;/h5,7-8H,2-4,10H2,1H3;1H/t7-,8+;/m0./s1. The molecule has 0 amide bonds. The summed E-state index contributed by atoms with van der Waals surface area (Å²) in [5.41, 5.74) is 6.99. The van der Waals surface area contributed by atoms with Crippen LogP contribution in [0.15, 0.2) is 5.38 Å². The van der Waals surface area contributed by atoms with Crippen LogP contribution in [0.3, 0.4) is 0 Å². The predicted octanol–water partition coefficient (Wildman–Crippen LogP) is 2.47. The van der Waals surface area contributed by atoms with Gasteiger partial charge >= 0.3 is 0 Å². The van der Waals surface area contributed by atoms with Gasteiger partial charge in [0.25, 0.3) is 0 Å². The van der Waals surface area contributed by atoms with Crippen molar-refractivity contribution in [3.8, 4) is 0 Å². The molecule has 2 N–H and O–H groups in total. The van der Waals surface area contributed by atoms with E-state index in [1.54, 1.807) is 11.3 Å². The number of aromatic nitrogens is 1. The summed E-state index contributed by atoms with van der Waals surface area (Å²) in [6, 6.07) is 0.416. The van der Waals surface area contributed by atoms with Crippen LogP contribution in [0.25, 0.3) is 0 Å². The Hall–Kier alpha value is -0.120. The normalized spacial score (nSPS) is 27.2. The smallest absolute Gasteiger partial charge is 0.0959 e. The van der Waals surface area contributed by atoms with E-state index in [1.807, 2.05) is 0 Å². The molecular formula is C9H15ClN2S. The zero-order valence-electron chi connectivity index (χ0n) is 7.69. The maximum atomic E-state index is 5.85. The summed E-state index contributed by atoms with van der Waals surface area (Å²) in [4.78, 5) is 4.49. The van der Waals surface area contributed by atoms with Crippen molar-refractivity contribution in [3.63, 3.8) is 0 Å². The monoisotopic (exact) mass is 218 g/mol. The Bertz CT molecular complexity index is 274. The first-order valence-electron chi connectivity index (χ1n) is 4.43. The number of rotatable bonds is 1. The van der Waals surface area contributed by atoms with E-state index in [0.717, 1.165) is 12.1 Å². The SMILES string of the molecule is Cc1csc([C@H]2CC[C@@H](N)C2)n1.Cl. The molecule has 1 aromatic rings. The highest BCUT2D eigenvalue weighted by atomic mass is 35.5. The van der Waals surface area contributed by atoms with Crippen LogP contribution in [-0.2, 0) is 0 Å². The van der Waals surface area contributed by atoms with Crippen LogP contribution >= 0.6 is 23.7 Å². The van der Waals surface area contributed by atoms with E-state index < -0.39 is 0 Å². The Kier molecular flexibility index (Phi) is 3.71. The van der Waals surface area contributed by atoms with Gasteiger partial charge in [0.2, 0.25) is 0 Å². The molecule has 2 rings (SSSR count). The van der Waals surface area contributed by atoms with Crippen molar-refractivity contribution >= 4 is 23.7 Å². The van der Waals surface area contributed by atoms with E-state index in [-0.39, 0.29) is 12.4 Å². The van der Waals surface area contributed by atoms with Crippen LogP contribution in [0.4, 0.5) is 0 Å². The highest BCUT2D eigenvalue weighted by Crippen LogP contribution is 2.34. The lowest BCUT2D eigenvalue weighted by Crippen LogP contribution is -2.14. The molecule has 1 aromatic heterocycles. The fourth-order valence-electron chi connectivity index (χ4n) is 1.80. The lowest BCUT2D eigenvalue weighted by atomic mass is 10.1. The van der Waals surface area contributed by atoms with Crippen LogP contribution in [0.1, 0.15) is 35.9 Å². The van der Waals surface area contributed by atoms with Gasteiger partial charge in [0.1, 0.15) is 0 Å². The largest absolute Gasteiger partial charge is 0.328 e. The fourth-order valence-corrected chi connectivity index (χ4v) is 2.75. The van der Waals surface area contributed by atoms with Crippen molar-refractivity contribution < 1.29 is 0 Å².